The molecule has 0 amide bonds. The van der Waals surface area contributed by atoms with Crippen LogP contribution < -0.4 is 0 Å². The van der Waals surface area contributed by atoms with Gasteiger partial charge >= 0.3 is 5.97 Å². The fourth-order valence-electron chi connectivity index (χ4n) is 2.98. The van der Waals surface area contributed by atoms with Crippen LogP contribution in [-0.2, 0) is 0 Å². The van der Waals surface area contributed by atoms with Crippen LogP contribution in [0.2, 0.25) is 0 Å². The molecule has 94 valence electrons. The Morgan fingerprint density at radius 1 is 1.39 bits per heavy atom. The van der Waals surface area contributed by atoms with Crippen LogP contribution in [0.4, 0.5) is 0 Å². The zero-order chi connectivity index (χ0) is 12.7. The van der Waals surface area contributed by atoms with Crippen LogP contribution in [0.25, 0.3) is 11.0 Å². The summed E-state index contributed by atoms with van der Waals surface area (Å²) in [5.74, 6) is 0.0874. The molecule has 0 atom stereocenters. The lowest BCUT2D eigenvalue weighted by atomic mass is 10.2. The van der Waals surface area contributed by atoms with E-state index in [1.54, 1.807) is 12.1 Å². The highest BCUT2D eigenvalue weighted by molar-refractivity contribution is 5.92. The zero-order valence-corrected chi connectivity index (χ0v) is 10.4. The normalized spacial score (nSPS) is 16.5. The van der Waals surface area contributed by atoms with Gasteiger partial charge in [0, 0.05) is 6.04 Å². The quantitative estimate of drug-likeness (QED) is 0.882. The molecule has 0 saturated heterocycles. The van der Waals surface area contributed by atoms with Gasteiger partial charge in [0.05, 0.1) is 16.6 Å². The molecular weight excluding hydrogens is 228 g/mol. The van der Waals surface area contributed by atoms with E-state index >= 15 is 0 Å². The van der Waals surface area contributed by atoms with Crippen LogP contribution in [0.3, 0.4) is 0 Å². The predicted octanol–water partition coefficient (Wildman–Crippen LogP) is 3.16. The van der Waals surface area contributed by atoms with Gasteiger partial charge in [0.15, 0.2) is 0 Å². The number of imidazole rings is 1. The van der Waals surface area contributed by atoms with Crippen molar-refractivity contribution in [2.24, 2.45) is 0 Å². The number of carboxylic acids is 1. The number of nitrogens with zero attached hydrogens (tertiary/aromatic N) is 2. The Labute approximate surface area is 105 Å². The monoisotopic (exact) mass is 244 g/mol. The lowest BCUT2D eigenvalue weighted by molar-refractivity contribution is 0.0697. The number of aromatic carboxylic acids is 1. The first-order chi connectivity index (χ1) is 8.66. The van der Waals surface area contributed by atoms with E-state index in [2.05, 4.69) is 9.55 Å². The van der Waals surface area contributed by atoms with E-state index in [9.17, 15) is 4.79 Å². The second-order valence-corrected chi connectivity index (χ2v) is 4.98. The topological polar surface area (TPSA) is 55.1 Å². The molecule has 1 N–H and O–H groups in total. The van der Waals surface area contributed by atoms with Crippen molar-refractivity contribution in [2.45, 2.75) is 38.6 Å². The van der Waals surface area contributed by atoms with Crippen molar-refractivity contribution in [3.05, 3.63) is 29.6 Å². The van der Waals surface area contributed by atoms with Gasteiger partial charge in [-0.15, -0.1) is 0 Å². The molecule has 1 aliphatic rings. The fraction of sp³-hybridized carbons (Fsp3) is 0.429. The molecular formula is C14H16N2O2. The molecule has 0 bridgehead atoms. The van der Waals surface area contributed by atoms with E-state index in [1.165, 1.54) is 25.7 Å². The van der Waals surface area contributed by atoms with Gasteiger partial charge in [0.25, 0.3) is 0 Å². The Balaban J connectivity index is 2.14. The van der Waals surface area contributed by atoms with Crippen molar-refractivity contribution >= 4 is 17.0 Å². The average Bonchev–Trinajstić information content (AvgIpc) is 2.93. The van der Waals surface area contributed by atoms with E-state index in [-0.39, 0.29) is 0 Å². The lowest BCUT2D eigenvalue weighted by Crippen LogP contribution is -2.06. The van der Waals surface area contributed by atoms with E-state index in [0.717, 1.165) is 16.9 Å². The van der Waals surface area contributed by atoms with E-state index in [1.807, 2.05) is 13.0 Å². The van der Waals surface area contributed by atoms with E-state index < -0.39 is 5.97 Å². The van der Waals surface area contributed by atoms with Gasteiger partial charge in [-0.3, -0.25) is 0 Å². The van der Waals surface area contributed by atoms with Crippen LogP contribution in [0, 0.1) is 6.92 Å². The van der Waals surface area contributed by atoms with Gasteiger partial charge in [0.2, 0.25) is 0 Å². The molecule has 4 nitrogen and oxygen atoms in total. The van der Waals surface area contributed by atoms with Crippen molar-refractivity contribution in [1.29, 1.82) is 0 Å². The third-order valence-electron chi connectivity index (χ3n) is 3.80. The Kier molecular flexibility index (Phi) is 2.58. The van der Waals surface area contributed by atoms with E-state index in [0.29, 0.717) is 11.6 Å². The summed E-state index contributed by atoms with van der Waals surface area (Å²) in [6, 6.07) is 5.75. The molecule has 18 heavy (non-hydrogen) atoms. The first kappa shape index (κ1) is 11.3. The molecule has 2 aromatic rings. The SMILES string of the molecule is Cc1nc2cc(C(=O)O)ccc2n1C1CCCC1. The third kappa shape index (κ3) is 1.68. The number of hydrogen-bond acceptors (Lipinski definition) is 2. The molecule has 1 saturated carbocycles. The minimum absolute atomic E-state index is 0.304. The van der Waals surface area contributed by atoms with Crippen LogP contribution in [-0.4, -0.2) is 20.6 Å². The van der Waals surface area contributed by atoms with Crippen LogP contribution in [0.1, 0.15) is 47.9 Å². The predicted molar refractivity (Wildman–Crippen MR) is 68.9 cm³/mol. The van der Waals surface area contributed by atoms with Crippen LogP contribution in [0.15, 0.2) is 18.2 Å². The maximum Gasteiger partial charge on any atom is 0.335 e. The number of carboxylic acid groups (broad SMARTS) is 1. The number of fused-ring (bicyclic) bond motifs is 1. The highest BCUT2D eigenvalue weighted by atomic mass is 16.4. The first-order valence-corrected chi connectivity index (χ1v) is 6.38. The summed E-state index contributed by atoms with van der Waals surface area (Å²) < 4.78 is 2.27. The summed E-state index contributed by atoms with van der Waals surface area (Å²) >= 11 is 0. The number of hydrogen-bond donors (Lipinski definition) is 1. The Hall–Kier alpha value is -1.84. The Morgan fingerprint density at radius 3 is 2.78 bits per heavy atom. The molecule has 1 aliphatic carbocycles. The number of rotatable bonds is 2. The van der Waals surface area contributed by atoms with Crippen LogP contribution in [0.5, 0.6) is 0 Å². The average molecular weight is 244 g/mol. The zero-order valence-electron chi connectivity index (χ0n) is 10.4. The third-order valence-corrected chi connectivity index (χ3v) is 3.80. The molecule has 1 aromatic heterocycles. The molecule has 4 heteroatoms. The van der Waals surface area contributed by atoms with Gasteiger partial charge in [-0.05, 0) is 38.0 Å². The second kappa shape index (κ2) is 4.12. The minimum atomic E-state index is -0.898. The number of aromatic nitrogens is 2. The smallest absolute Gasteiger partial charge is 0.335 e. The molecule has 0 spiro atoms. The first-order valence-electron chi connectivity index (χ1n) is 6.38. The van der Waals surface area contributed by atoms with Gasteiger partial charge in [0.1, 0.15) is 5.82 Å². The highest BCUT2D eigenvalue weighted by Crippen LogP contribution is 2.33. The molecule has 1 aromatic carbocycles. The van der Waals surface area contributed by atoms with Crippen LogP contribution >= 0.6 is 0 Å². The standard InChI is InChI=1S/C14H16N2O2/c1-9-15-12-8-10(14(17)18)6-7-13(12)16(9)11-4-2-3-5-11/h6-8,11H,2-5H2,1H3,(H,17,18). The summed E-state index contributed by atoms with van der Waals surface area (Å²) in [4.78, 5) is 15.5. The van der Waals surface area contributed by atoms with Crippen molar-refractivity contribution in [3.8, 4) is 0 Å². The van der Waals surface area contributed by atoms with Crippen molar-refractivity contribution < 1.29 is 9.90 Å². The molecule has 1 heterocycles. The molecule has 0 radical (unpaired) electrons. The van der Waals surface area contributed by atoms with Crippen molar-refractivity contribution in [2.75, 3.05) is 0 Å². The second-order valence-electron chi connectivity index (χ2n) is 4.98. The molecule has 1 fully saturated rings. The maximum absolute atomic E-state index is 11.0. The van der Waals surface area contributed by atoms with Crippen molar-refractivity contribution in [1.82, 2.24) is 9.55 Å². The number of carbonyl (C=O) groups is 1. The number of benzene rings is 1. The Bertz CT molecular complexity index is 610. The number of aryl methyl sites for hydroxylation is 1. The van der Waals surface area contributed by atoms with Gasteiger partial charge in [-0.1, -0.05) is 12.8 Å². The highest BCUT2D eigenvalue weighted by Gasteiger charge is 2.21. The minimum Gasteiger partial charge on any atom is -0.478 e. The van der Waals surface area contributed by atoms with Gasteiger partial charge in [-0.2, -0.15) is 0 Å². The summed E-state index contributed by atoms with van der Waals surface area (Å²) in [6.07, 6.45) is 4.95. The summed E-state index contributed by atoms with van der Waals surface area (Å²) in [7, 11) is 0. The van der Waals surface area contributed by atoms with Crippen molar-refractivity contribution in [3.63, 3.8) is 0 Å². The lowest BCUT2D eigenvalue weighted by Gasteiger charge is -2.14. The summed E-state index contributed by atoms with van der Waals surface area (Å²) in [5, 5.41) is 9.00. The fourth-order valence-corrected chi connectivity index (χ4v) is 2.98. The largest absolute Gasteiger partial charge is 0.478 e. The summed E-state index contributed by atoms with van der Waals surface area (Å²) in [5.41, 5.74) is 2.15. The molecule has 0 aliphatic heterocycles. The Morgan fingerprint density at radius 2 is 2.11 bits per heavy atom. The van der Waals surface area contributed by atoms with E-state index in [4.69, 9.17) is 5.11 Å². The molecule has 0 unspecified atom stereocenters. The maximum atomic E-state index is 11.0. The summed E-state index contributed by atoms with van der Waals surface area (Å²) in [6.45, 7) is 2.00. The molecule has 3 rings (SSSR count). The van der Waals surface area contributed by atoms with Gasteiger partial charge < -0.3 is 9.67 Å². The van der Waals surface area contributed by atoms with Gasteiger partial charge in [-0.25, -0.2) is 9.78 Å².